The highest BCUT2D eigenvalue weighted by Gasteiger charge is 2.56. The summed E-state index contributed by atoms with van der Waals surface area (Å²) in [5.41, 5.74) is 2.97. The molecular weight excluding hydrogens is 274 g/mol. The van der Waals surface area contributed by atoms with Crippen molar-refractivity contribution >= 4 is 11.4 Å². The molecule has 0 aromatic carbocycles. The minimum atomic E-state index is -0.188. The summed E-state index contributed by atoms with van der Waals surface area (Å²) in [6, 6.07) is 6.04. The third-order valence-electron chi connectivity index (χ3n) is 5.42. The molecule has 2 fully saturated rings. The number of fused-ring (bicyclic) bond motifs is 2. The summed E-state index contributed by atoms with van der Waals surface area (Å²) in [5, 5.41) is 3.36. The molecule has 1 aliphatic carbocycles. The van der Waals surface area contributed by atoms with E-state index in [0.717, 1.165) is 24.4 Å². The van der Waals surface area contributed by atoms with E-state index in [2.05, 4.69) is 28.5 Å². The standard InChI is InChI=1S/C18H23N3O/c1-11-17(21-7-5-4-6-15(21)20-11)18(2,3)8-14(22)16-12-9-19-10-13(12)16/h4-7,12-13,16,19H,8-10H2,1-3H3/t12-,13+,16?. The number of carbonyl (C=O) groups is 1. The summed E-state index contributed by atoms with van der Waals surface area (Å²) in [5.74, 6) is 1.95. The van der Waals surface area contributed by atoms with Gasteiger partial charge in [-0.1, -0.05) is 19.9 Å². The molecule has 4 heteroatoms. The summed E-state index contributed by atoms with van der Waals surface area (Å²) in [4.78, 5) is 17.4. The van der Waals surface area contributed by atoms with Crippen LogP contribution < -0.4 is 5.32 Å². The van der Waals surface area contributed by atoms with Crippen molar-refractivity contribution < 1.29 is 4.79 Å². The van der Waals surface area contributed by atoms with Gasteiger partial charge in [-0.15, -0.1) is 0 Å². The van der Waals surface area contributed by atoms with Gasteiger partial charge in [0.15, 0.2) is 0 Å². The van der Waals surface area contributed by atoms with Gasteiger partial charge in [0, 0.05) is 24.0 Å². The number of aryl methyl sites for hydroxylation is 1. The van der Waals surface area contributed by atoms with E-state index < -0.39 is 0 Å². The molecule has 1 aliphatic heterocycles. The molecular formula is C18H23N3O. The fourth-order valence-corrected chi connectivity index (χ4v) is 4.46. The maximum Gasteiger partial charge on any atom is 0.137 e. The molecule has 3 atom stereocenters. The number of ketones is 1. The molecule has 2 aromatic rings. The van der Waals surface area contributed by atoms with E-state index in [-0.39, 0.29) is 5.41 Å². The van der Waals surface area contributed by atoms with Gasteiger partial charge in [-0.2, -0.15) is 0 Å². The summed E-state index contributed by atoms with van der Waals surface area (Å²) >= 11 is 0. The van der Waals surface area contributed by atoms with Gasteiger partial charge in [0.05, 0.1) is 11.4 Å². The first-order valence-electron chi connectivity index (χ1n) is 8.16. The van der Waals surface area contributed by atoms with Crippen LogP contribution in [0.2, 0.25) is 0 Å². The second-order valence-corrected chi connectivity index (χ2v) is 7.51. The third kappa shape index (κ3) is 2.01. The Morgan fingerprint density at radius 1 is 1.36 bits per heavy atom. The summed E-state index contributed by atoms with van der Waals surface area (Å²) in [6.07, 6.45) is 2.65. The Hall–Kier alpha value is -1.68. The number of hydrogen-bond donors (Lipinski definition) is 1. The molecule has 0 bridgehead atoms. The Bertz CT molecular complexity index is 736. The van der Waals surface area contributed by atoms with Crippen molar-refractivity contribution in [1.29, 1.82) is 0 Å². The molecule has 2 aromatic heterocycles. The number of carbonyl (C=O) groups excluding carboxylic acids is 1. The Labute approximate surface area is 130 Å². The van der Waals surface area contributed by atoms with Gasteiger partial charge >= 0.3 is 0 Å². The molecule has 116 valence electrons. The van der Waals surface area contributed by atoms with Crippen LogP contribution in [0.4, 0.5) is 0 Å². The molecule has 4 rings (SSSR count). The zero-order valence-corrected chi connectivity index (χ0v) is 13.5. The zero-order valence-electron chi connectivity index (χ0n) is 13.5. The molecule has 1 N–H and O–H groups in total. The average molecular weight is 297 g/mol. The van der Waals surface area contributed by atoms with E-state index in [0.29, 0.717) is 30.0 Å². The highest BCUT2D eigenvalue weighted by atomic mass is 16.1. The van der Waals surface area contributed by atoms with Crippen LogP contribution in [0, 0.1) is 24.7 Å². The first kappa shape index (κ1) is 13.9. The number of hydrogen-bond acceptors (Lipinski definition) is 3. The molecule has 2 aliphatic rings. The van der Waals surface area contributed by atoms with Gasteiger partial charge in [0.25, 0.3) is 0 Å². The van der Waals surface area contributed by atoms with Crippen LogP contribution in [-0.4, -0.2) is 28.3 Å². The van der Waals surface area contributed by atoms with Gasteiger partial charge in [0.1, 0.15) is 11.4 Å². The normalized spacial score (nSPS) is 27.1. The molecule has 0 spiro atoms. The first-order valence-corrected chi connectivity index (χ1v) is 8.16. The van der Waals surface area contributed by atoms with Crippen LogP contribution in [0.1, 0.15) is 31.7 Å². The van der Waals surface area contributed by atoms with E-state index in [4.69, 9.17) is 0 Å². The van der Waals surface area contributed by atoms with Gasteiger partial charge < -0.3 is 9.72 Å². The second-order valence-electron chi connectivity index (χ2n) is 7.51. The lowest BCUT2D eigenvalue weighted by atomic mass is 9.81. The minimum Gasteiger partial charge on any atom is -0.316 e. The van der Waals surface area contributed by atoms with Gasteiger partial charge in [-0.25, -0.2) is 4.98 Å². The van der Waals surface area contributed by atoms with Crippen LogP contribution in [-0.2, 0) is 10.2 Å². The van der Waals surface area contributed by atoms with E-state index >= 15 is 0 Å². The maximum atomic E-state index is 12.7. The number of rotatable bonds is 4. The second kappa shape index (κ2) is 4.66. The van der Waals surface area contributed by atoms with Crippen molar-refractivity contribution in [2.45, 2.75) is 32.6 Å². The fourth-order valence-electron chi connectivity index (χ4n) is 4.46. The molecule has 4 nitrogen and oxygen atoms in total. The summed E-state index contributed by atoms with van der Waals surface area (Å²) in [6.45, 7) is 8.44. The molecule has 1 saturated carbocycles. The van der Waals surface area contributed by atoms with E-state index in [1.807, 2.05) is 31.3 Å². The SMILES string of the molecule is Cc1nc2ccccn2c1C(C)(C)CC(=O)C1[C@H]2CNC[C@@H]12. The topological polar surface area (TPSA) is 46.4 Å². The Balaban J connectivity index is 1.62. The molecule has 0 radical (unpaired) electrons. The third-order valence-corrected chi connectivity index (χ3v) is 5.42. The summed E-state index contributed by atoms with van der Waals surface area (Å²) < 4.78 is 2.14. The molecule has 22 heavy (non-hydrogen) atoms. The van der Waals surface area contributed by atoms with Gasteiger partial charge in [0.2, 0.25) is 0 Å². The molecule has 1 unspecified atom stereocenters. The minimum absolute atomic E-state index is 0.188. The maximum absolute atomic E-state index is 12.7. The van der Waals surface area contributed by atoms with Crippen LogP contribution in [0.5, 0.6) is 0 Å². The van der Waals surface area contributed by atoms with E-state index in [1.54, 1.807) is 0 Å². The van der Waals surface area contributed by atoms with E-state index in [1.165, 1.54) is 5.69 Å². The van der Waals surface area contributed by atoms with Crippen molar-refractivity contribution in [2.75, 3.05) is 13.1 Å². The zero-order chi connectivity index (χ0) is 15.5. The number of nitrogens with zero attached hydrogens (tertiary/aromatic N) is 2. The lowest BCUT2D eigenvalue weighted by Crippen LogP contribution is -2.27. The van der Waals surface area contributed by atoms with Crippen molar-refractivity contribution in [3.05, 3.63) is 35.8 Å². The van der Waals surface area contributed by atoms with Gasteiger partial charge in [-0.3, -0.25) is 4.79 Å². The van der Waals surface area contributed by atoms with Crippen LogP contribution in [0.25, 0.3) is 5.65 Å². The summed E-state index contributed by atoms with van der Waals surface area (Å²) in [7, 11) is 0. The predicted octanol–water partition coefficient (Wildman–Crippen LogP) is 2.34. The van der Waals surface area contributed by atoms with Crippen molar-refractivity contribution in [1.82, 2.24) is 14.7 Å². The first-order chi connectivity index (χ1) is 10.5. The van der Waals surface area contributed by atoms with Crippen molar-refractivity contribution in [3.63, 3.8) is 0 Å². The van der Waals surface area contributed by atoms with E-state index in [9.17, 15) is 4.79 Å². The molecule has 3 heterocycles. The average Bonchev–Trinajstić information content (AvgIpc) is 2.81. The number of Topliss-reactive ketones (excluding diaryl/α,β-unsaturated/α-hetero) is 1. The lowest BCUT2D eigenvalue weighted by Gasteiger charge is -2.25. The Morgan fingerprint density at radius 3 is 2.82 bits per heavy atom. The van der Waals surface area contributed by atoms with Crippen LogP contribution >= 0.6 is 0 Å². The predicted molar refractivity (Wildman–Crippen MR) is 85.9 cm³/mol. The monoisotopic (exact) mass is 297 g/mol. The number of nitrogens with one attached hydrogen (secondary N) is 1. The number of aromatic nitrogens is 2. The fraction of sp³-hybridized carbons (Fsp3) is 0.556. The Kier molecular flexibility index (Phi) is 2.95. The van der Waals surface area contributed by atoms with Crippen LogP contribution in [0.3, 0.4) is 0 Å². The quantitative estimate of drug-likeness (QED) is 0.942. The van der Waals surface area contributed by atoms with Crippen molar-refractivity contribution in [3.8, 4) is 0 Å². The number of imidazole rings is 1. The van der Waals surface area contributed by atoms with Crippen LogP contribution in [0.15, 0.2) is 24.4 Å². The lowest BCUT2D eigenvalue weighted by molar-refractivity contribution is -0.122. The number of pyridine rings is 1. The molecule has 0 amide bonds. The Morgan fingerprint density at radius 2 is 2.09 bits per heavy atom. The van der Waals surface area contributed by atoms with Crippen molar-refractivity contribution in [2.24, 2.45) is 17.8 Å². The number of piperidine rings is 1. The van der Waals surface area contributed by atoms with Gasteiger partial charge in [-0.05, 0) is 44.0 Å². The smallest absolute Gasteiger partial charge is 0.137 e. The highest BCUT2D eigenvalue weighted by Crippen LogP contribution is 2.50. The highest BCUT2D eigenvalue weighted by molar-refractivity contribution is 5.86. The molecule has 1 saturated heterocycles. The largest absolute Gasteiger partial charge is 0.316 e.